The SMILES string of the molecule is CCCCCN(C)C(O)(CCP(=O)(O)O)P(=O)(O)O. The monoisotopic (exact) mass is 319 g/mol. The van der Waals surface area contributed by atoms with Crippen molar-refractivity contribution in [2.75, 3.05) is 19.8 Å². The van der Waals surface area contributed by atoms with E-state index in [2.05, 4.69) is 0 Å². The van der Waals surface area contributed by atoms with E-state index < -0.39 is 33.2 Å². The normalized spacial score (nSPS) is 16.6. The van der Waals surface area contributed by atoms with Crippen molar-refractivity contribution in [1.29, 1.82) is 0 Å². The first-order valence-electron chi connectivity index (χ1n) is 5.98. The lowest BCUT2D eigenvalue weighted by Crippen LogP contribution is -2.47. The van der Waals surface area contributed by atoms with Crippen LogP contribution in [0.25, 0.3) is 0 Å². The average Bonchev–Trinajstić information content (AvgIpc) is 2.23. The van der Waals surface area contributed by atoms with Gasteiger partial charge in [-0.05, 0) is 13.5 Å². The van der Waals surface area contributed by atoms with E-state index in [1.54, 1.807) is 0 Å². The molecule has 0 aliphatic heterocycles. The largest absolute Gasteiger partial charge is 0.372 e. The molecule has 19 heavy (non-hydrogen) atoms. The highest BCUT2D eigenvalue weighted by Gasteiger charge is 2.49. The summed E-state index contributed by atoms with van der Waals surface area (Å²) >= 11 is 0. The van der Waals surface area contributed by atoms with Crippen LogP contribution in [0.4, 0.5) is 0 Å². The van der Waals surface area contributed by atoms with E-state index in [0.717, 1.165) is 17.7 Å². The standard InChI is InChI=1S/C9H23NO7P2/c1-3-4-5-7-10(2)9(11,19(15,16)17)6-8-18(12,13)14/h11H,3-8H2,1-2H3,(H2,12,13,14)(H2,15,16,17). The summed E-state index contributed by atoms with van der Waals surface area (Å²) in [7, 11) is -8.05. The first-order chi connectivity index (χ1) is 8.44. The van der Waals surface area contributed by atoms with Crippen LogP contribution in [0.15, 0.2) is 0 Å². The summed E-state index contributed by atoms with van der Waals surface area (Å²) in [6, 6.07) is 0. The van der Waals surface area contributed by atoms with Gasteiger partial charge in [-0.1, -0.05) is 19.8 Å². The maximum absolute atomic E-state index is 11.4. The van der Waals surface area contributed by atoms with Crippen molar-refractivity contribution in [2.45, 2.75) is 38.1 Å². The van der Waals surface area contributed by atoms with Gasteiger partial charge in [-0.25, -0.2) is 0 Å². The van der Waals surface area contributed by atoms with E-state index in [-0.39, 0.29) is 6.54 Å². The lowest BCUT2D eigenvalue weighted by Gasteiger charge is -2.37. The van der Waals surface area contributed by atoms with Crippen LogP contribution in [0.3, 0.4) is 0 Å². The van der Waals surface area contributed by atoms with Gasteiger partial charge < -0.3 is 24.7 Å². The molecule has 0 saturated carbocycles. The Kier molecular flexibility index (Phi) is 7.38. The zero-order valence-corrected chi connectivity index (χ0v) is 12.9. The lowest BCUT2D eigenvalue weighted by atomic mass is 10.2. The predicted molar refractivity (Wildman–Crippen MR) is 70.7 cm³/mol. The van der Waals surface area contributed by atoms with E-state index in [1.807, 2.05) is 6.92 Å². The summed E-state index contributed by atoms with van der Waals surface area (Å²) in [6.07, 6.45) is 0.896. The number of unbranched alkanes of at least 4 members (excludes halogenated alkanes) is 2. The molecule has 1 atom stereocenters. The smallest absolute Gasteiger partial charge is 0.365 e. The molecule has 0 rings (SSSR count). The molecule has 10 heteroatoms. The molecule has 0 aliphatic carbocycles. The van der Waals surface area contributed by atoms with Crippen LogP contribution in [0.5, 0.6) is 0 Å². The van der Waals surface area contributed by atoms with Gasteiger partial charge in [-0.3, -0.25) is 14.0 Å². The summed E-state index contributed by atoms with van der Waals surface area (Å²) in [4.78, 5) is 37.1. The van der Waals surface area contributed by atoms with Gasteiger partial charge in [0.05, 0.1) is 6.16 Å². The quantitative estimate of drug-likeness (QED) is 0.235. The Hall–Kier alpha value is 0.220. The Morgan fingerprint density at radius 3 is 2.00 bits per heavy atom. The fourth-order valence-corrected chi connectivity index (χ4v) is 3.36. The zero-order valence-electron chi connectivity index (χ0n) is 11.1. The van der Waals surface area contributed by atoms with E-state index in [0.29, 0.717) is 6.42 Å². The molecule has 0 heterocycles. The van der Waals surface area contributed by atoms with Crippen molar-refractivity contribution >= 4 is 15.2 Å². The minimum atomic E-state index is -4.94. The highest BCUT2D eigenvalue weighted by Crippen LogP contribution is 2.54. The van der Waals surface area contributed by atoms with E-state index in [9.17, 15) is 24.0 Å². The highest BCUT2D eigenvalue weighted by molar-refractivity contribution is 7.53. The maximum Gasteiger partial charge on any atom is 0.372 e. The highest BCUT2D eigenvalue weighted by atomic mass is 31.2. The van der Waals surface area contributed by atoms with Crippen molar-refractivity contribution in [1.82, 2.24) is 4.90 Å². The molecule has 8 nitrogen and oxygen atoms in total. The second kappa shape index (κ2) is 7.29. The van der Waals surface area contributed by atoms with Gasteiger partial charge >= 0.3 is 15.2 Å². The maximum atomic E-state index is 11.4. The van der Waals surface area contributed by atoms with Crippen LogP contribution in [-0.2, 0) is 9.13 Å². The Morgan fingerprint density at radius 2 is 1.63 bits per heavy atom. The summed E-state index contributed by atoms with van der Waals surface area (Å²) in [5.41, 5.74) is -2.54. The van der Waals surface area contributed by atoms with Gasteiger partial charge in [-0.15, -0.1) is 0 Å². The predicted octanol–water partition coefficient (Wildman–Crippen LogP) is 0.500. The average molecular weight is 319 g/mol. The Morgan fingerprint density at radius 1 is 1.11 bits per heavy atom. The molecule has 116 valence electrons. The molecule has 0 saturated heterocycles. The van der Waals surface area contributed by atoms with Gasteiger partial charge in [0.15, 0.2) is 0 Å². The van der Waals surface area contributed by atoms with Crippen molar-refractivity contribution in [3.63, 3.8) is 0 Å². The first-order valence-corrected chi connectivity index (χ1v) is 9.39. The summed E-state index contributed by atoms with van der Waals surface area (Å²) < 4.78 is 22.2. The molecule has 0 aliphatic rings. The molecule has 0 radical (unpaired) electrons. The van der Waals surface area contributed by atoms with E-state index in [1.165, 1.54) is 7.05 Å². The minimum Gasteiger partial charge on any atom is -0.365 e. The molecule has 1 unspecified atom stereocenters. The van der Waals surface area contributed by atoms with Gasteiger partial charge in [0.1, 0.15) is 0 Å². The molecule has 0 aromatic heterocycles. The number of hydrogen-bond donors (Lipinski definition) is 5. The topological polar surface area (TPSA) is 139 Å². The fourth-order valence-electron chi connectivity index (χ4n) is 1.63. The Labute approximate surface area is 112 Å². The van der Waals surface area contributed by atoms with Crippen LogP contribution < -0.4 is 0 Å². The molecule has 0 fully saturated rings. The molecular formula is C9H23NO7P2. The van der Waals surface area contributed by atoms with Crippen LogP contribution in [-0.4, -0.2) is 54.8 Å². The van der Waals surface area contributed by atoms with Gasteiger partial charge in [-0.2, -0.15) is 0 Å². The Balaban J connectivity index is 4.88. The fraction of sp³-hybridized carbons (Fsp3) is 1.00. The van der Waals surface area contributed by atoms with Crippen LogP contribution in [0.2, 0.25) is 0 Å². The van der Waals surface area contributed by atoms with Crippen LogP contribution in [0, 0.1) is 0 Å². The van der Waals surface area contributed by atoms with Crippen molar-refractivity contribution < 1.29 is 33.8 Å². The third-order valence-electron chi connectivity index (χ3n) is 2.91. The third kappa shape index (κ3) is 6.47. The molecule has 0 amide bonds. The molecule has 0 aromatic carbocycles. The van der Waals surface area contributed by atoms with E-state index in [4.69, 9.17) is 9.79 Å². The van der Waals surface area contributed by atoms with Crippen LogP contribution >= 0.6 is 15.2 Å². The molecule has 0 spiro atoms. The minimum absolute atomic E-state index is 0.233. The lowest BCUT2D eigenvalue weighted by molar-refractivity contribution is -0.0451. The van der Waals surface area contributed by atoms with Crippen LogP contribution in [0.1, 0.15) is 32.6 Å². The number of aliphatic hydroxyl groups is 1. The third-order valence-corrected chi connectivity index (χ3v) is 5.22. The summed E-state index contributed by atoms with van der Waals surface area (Å²) in [5.74, 6) is 0. The molecule has 0 aromatic rings. The summed E-state index contributed by atoms with van der Waals surface area (Å²) in [6.45, 7) is 2.19. The van der Waals surface area contributed by atoms with Gasteiger partial charge in [0.2, 0.25) is 5.47 Å². The number of hydrogen-bond acceptors (Lipinski definition) is 4. The Bertz CT molecular complexity index is 366. The summed E-state index contributed by atoms with van der Waals surface area (Å²) in [5, 5.41) is 10.1. The first kappa shape index (κ1) is 19.2. The zero-order chi connectivity index (χ0) is 15.3. The number of rotatable bonds is 9. The number of nitrogens with zero attached hydrogens (tertiary/aromatic N) is 1. The molecular weight excluding hydrogens is 296 g/mol. The second-order valence-corrected chi connectivity index (χ2v) is 8.17. The van der Waals surface area contributed by atoms with Gasteiger partial charge in [0, 0.05) is 13.0 Å². The van der Waals surface area contributed by atoms with Crippen molar-refractivity contribution in [3.8, 4) is 0 Å². The second-order valence-electron chi connectivity index (χ2n) is 4.59. The van der Waals surface area contributed by atoms with Gasteiger partial charge in [0.25, 0.3) is 0 Å². The molecule has 0 bridgehead atoms. The molecule has 5 N–H and O–H groups in total. The van der Waals surface area contributed by atoms with Crippen molar-refractivity contribution in [3.05, 3.63) is 0 Å². The van der Waals surface area contributed by atoms with Crippen molar-refractivity contribution in [2.24, 2.45) is 0 Å². The van der Waals surface area contributed by atoms with E-state index >= 15 is 0 Å².